The van der Waals surface area contributed by atoms with E-state index in [2.05, 4.69) is 20.5 Å². The minimum atomic E-state index is -0.234. The summed E-state index contributed by atoms with van der Waals surface area (Å²) in [5.74, 6) is 1.20. The zero-order valence-electron chi connectivity index (χ0n) is 12.4. The average Bonchev–Trinajstić information content (AvgIpc) is 2.59. The normalized spacial score (nSPS) is 10.1. The molecule has 3 aromatic rings. The molecule has 0 unspecified atom stereocenters. The summed E-state index contributed by atoms with van der Waals surface area (Å²) in [5, 5.41) is 10.2. The Morgan fingerprint density at radius 2 is 1.87 bits per heavy atom. The molecule has 2 heterocycles. The Labute approximate surface area is 133 Å². The molecular formula is C17H14N4O2. The first-order valence-electron chi connectivity index (χ1n) is 6.99. The van der Waals surface area contributed by atoms with Crippen LogP contribution >= 0.6 is 0 Å². The number of aryl methyl sites for hydroxylation is 1. The molecule has 3 rings (SSSR count). The van der Waals surface area contributed by atoms with Gasteiger partial charge in [-0.15, -0.1) is 0 Å². The van der Waals surface area contributed by atoms with Gasteiger partial charge in [0.05, 0.1) is 18.0 Å². The number of amides is 1. The molecule has 0 aliphatic carbocycles. The number of pyridine rings is 1. The average molecular weight is 306 g/mol. The van der Waals surface area contributed by atoms with Crippen molar-refractivity contribution in [2.45, 2.75) is 6.92 Å². The Kier molecular flexibility index (Phi) is 4.24. The molecule has 0 aliphatic heterocycles. The maximum atomic E-state index is 12.1. The zero-order chi connectivity index (χ0) is 16.1. The van der Waals surface area contributed by atoms with Crippen molar-refractivity contribution in [3.63, 3.8) is 0 Å². The summed E-state index contributed by atoms with van der Waals surface area (Å²) in [5.41, 5.74) is 2.05. The fourth-order valence-corrected chi connectivity index (χ4v) is 2.00. The summed E-state index contributed by atoms with van der Waals surface area (Å²) in [6.07, 6.45) is 6.24. The third kappa shape index (κ3) is 3.68. The Hall–Kier alpha value is -3.28. The zero-order valence-corrected chi connectivity index (χ0v) is 12.4. The van der Waals surface area contributed by atoms with Gasteiger partial charge in [-0.3, -0.25) is 9.78 Å². The first-order valence-corrected chi connectivity index (χ1v) is 6.99. The first kappa shape index (κ1) is 14.6. The molecule has 0 bridgehead atoms. The predicted molar refractivity (Wildman–Crippen MR) is 85.5 cm³/mol. The minimum absolute atomic E-state index is 0.234. The van der Waals surface area contributed by atoms with E-state index in [1.807, 2.05) is 19.1 Å². The van der Waals surface area contributed by atoms with Crippen LogP contribution in [0.2, 0.25) is 0 Å². The highest BCUT2D eigenvalue weighted by Gasteiger charge is 2.08. The van der Waals surface area contributed by atoms with Gasteiger partial charge in [-0.1, -0.05) is 0 Å². The molecule has 0 saturated carbocycles. The smallest absolute Gasteiger partial charge is 0.257 e. The number of benzene rings is 1. The van der Waals surface area contributed by atoms with Gasteiger partial charge < -0.3 is 10.1 Å². The highest BCUT2D eigenvalue weighted by Crippen LogP contribution is 2.27. The second kappa shape index (κ2) is 6.65. The lowest BCUT2D eigenvalue weighted by Crippen LogP contribution is -2.12. The number of rotatable bonds is 4. The number of carbonyl (C=O) groups is 1. The number of ether oxygens (including phenoxy) is 1. The topological polar surface area (TPSA) is 77.0 Å². The summed E-state index contributed by atoms with van der Waals surface area (Å²) in [6.45, 7) is 1.92. The molecule has 1 aromatic carbocycles. The van der Waals surface area contributed by atoms with E-state index in [0.29, 0.717) is 17.0 Å². The monoisotopic (exact) mass is 306 g/mol. The molecule has 0 radical (unpaired) electrons. The third-order valence-corrected chi connectivity index (χ3v) is 3.16. The van der Waals surface area contributed by atoms with Crippen molar-refractivity contribution in [3.8, 4) is 11.5 Å². The molecule has 23 heavy (non-hydrogen) atoms. The predicted octanol–water partition coefficient (Wildman–Crippen LogP) is 3.22. The maximum absolute atomic E-state index is 12.1. The van der Waals surface area contributed by atoms with E-state index in [9.17, 15) is 4.79 Å². The molecule has 114 valence electrons. The van der Waals surface area contributed by atoms with E-state index >= 15 is 0 Å². The van der Waals surface area contributed by atoms with Gasteiger partial charge in [-0.05, 0) is 48.9 Å². The minimum Gasteiger partial charge on any atom is -0.457 e. The number of anilines is 1. The van der Waals surface area contributed by atoms with E-state index in [-0.39, 0.29) is 5.91 Å². The molecule has 0 saturated heterocycles. The van der Waals surface area contributed by atoms with Crippen LogP contribution in [0.15, 0.2) is 61.2 Å². The Bertz CT molecular complexity index is 807. The van der Waals surface area contributed by atoms with Crippen LogP contribution in [-0.4, -0.2) is 21.1 Å². The molecule has 6 nitrogen and oxygen atoms in total. The van der Waals surface area contributed by atoms with Gasteiger partial charge in [-0.2, -0.15) is 10.2 Å². The Balaban J connectivity index is 1.73. The molecule has 0 aliphatic rings. The van der Waals surface area contributed by atoms with Gasteiger partial charge >= 0.3 is 0 Å². The molecule has 6 heteroatoms. The number of nitrogens with zero attached hydrogens (tertiary/aromatic N) is 3. The molecular weight excluding hydrogens is 292 g/mol. The van der Waals surface area contributed by atoms with E-state index < -0.39 is 0 Å². The molecule has 0 atom stereocenters. The largest absolute Gasteiger partial charge is 0.457 e. The fraction of sp³-hybridized carbons (Fsp3) is 0.0588. The number of nitrogens with one attached hydrogen (secondary N) is 1. The van der Waals surface area contributed by atoms with Gasteiger partial charge in [0.25, 0.3) is 5.91 Å². The molecule has 2 aromatic heterocycles. The van der Waals surface area contributed by atoms with Crippen LogP contribution in [0.1, 0.15) is 15.9 Å². The summed E-state index contributed by atoms with van der Waals surface area (Å²) >= 11 is 0. The van der Waals surface area contributed by atoms with Crippen molar-refractivity contribution in [3.05, 3.63) is 72.3 Å². The van der Waals surface area contributed by atoms with Crippen LogP contribution in [0.25, 0.3) is 0 Å². The Morgan fingerprint density at radius 1 is 1.04 bits per heavy atom. The van der Waals surface area contributed by atoms with Crippen LogP contribution in [0.3, 0.4) is 0 Å². The number of carbonyl (C=O) groups excluding carboxylic acids is 1. The van der Waals surface area contributed by atoms with E-state index in [1.54, 1.807) is 36.7 Å². The van der Waals surface area contributed by atoms with Gasteiger partial charge in [0.2, 0.25) is 0 Å². The van der Waals surface area contributed by atoms with Gasteiger partial charge in [0, 0.05) is 18.1 Å². The van der Waals surface area contributed by atoms with Crippen molar-refractivity contribution in [1.82, 2.24) is 15.2 Å². The van der Waals surface area contributed by atoms with Gasteiger partial charge in [0.15, 0.2) is 0 Å². The van der Waals surface area contributed by atoms with Gasteiger partial charge in [-0.25, -0.2) is 0 Å². The van der Waals surface area contributed by atoms with Crippen molar-refractivity contribution in [1.29, 1.82) is 0 Å². The van der Waals surface area contributed by atoms with E-state index in [1.165, 1.54) is 12.4 Å². The summed E-state index contributed by atoms with van der Waals surface area (Å²) in [6, 6.07) is 10.6. The Morgan fingerprint density at radius 3 is 2.57 bits per heavy atom. The molecule has 1 amide bonds. The second-order valence-electron chi connectivity index (χ2n) is 4.85. The molecule has 0 fully saturated rings. The van der Waals surface area contributed by atoms with Crippen LogP contribution in [0, 0.1) is 6.92 Å². The number of hydrogen-bond donors (Lipinski definition) is 1. The lowest BCUT2D eigenvalue weighted by Gasteiger charge is -2.11. The second-order valence-corrected chi connectivity index (χ2v) is 4.85. The maximum Gasteiger partial charge on any atom is 0.257 e. The number of aromatic nitrogens is 3. The molecule has 0 spiro atoms. The van der Waals surface area contributed by atoms with Crippen molar-refractivity contribution in [2.24, 2.45) is 0 Å². The van der Waals surface area contributed by atoms with Crippen LogP contribution in [0.5, 0.6) is 11.5 Å². The standard InChI is InChI=1S/C17H14N4O2/c1-12-10-14(21-17(22)13-4-9-19-20-11-13)2-3-16(12)23-15-5-7-18-8-6-15/h2-11H,1H3,(H,21,22). The lowest BCUT2D eigenvalue weighted by atomic mass is 10.2. The quantitative estimate of drug-likeness (QED) is 0.800. The van der Waals surface area contributed by atoms with Crippen molar-refractivity contribution in [2.75, 3.05) is 5.32 Å². The third-order valence-electron chi connectivity index (χ3n) is 3.16. The van der Waals surface area contributed by atoms with E-state index in [4.69, 9.17) is 4.74 Å². The highest BCUT2D eigenvalue weighted by molar-refractivity contribution is 6.04. The summed E-state index contributed by atoms with van der Waals surface area (Å²) in [4.78, 5) is 16.0. The number of hydrogen-bond acceptors (Lipinski definition) is 5. The van der Waals surface area contributed by atoms with E-state index in [0.717, 1.165) is 11.3 Å². The van der Waals surface area contributed by atoms with Crippen molar-refractivity contribution >= 4 is 11.6 Å². The van der Waals surface area contributed by atoms with Crippen molar-refractivity contribution < 1.29 is 9.53 Å². The SMILES string of the molecule is Cc1cc(NC(=O)c2ccnnc2)ccc1Oc1ccncc1. The fourth-order valence-electron chi connectivity index (χ4n) is 2.00. The summed E-state index contributed by atoms with van der Waals surface area (Å²) < 4.78 is 5.78. The van der Waals surface area contributed by atoms with Crippen LogP contribution < -0.4 is 10.1 Å². The van der Waals surface area contributed by atoms with Crippen LogP contribution in [-0.2, 0) is 0 Å². The summed E-state index contributed by atoms with van der Waals surface area (Å²) in [7, 11) is 0. The molecule has 1 N–H and O–H groups in total. The first-order chi connectivity index (χ1) is 11.2. The van der Waals surface area contributed by atoms with Gasteiger partial charge in [0.1, 0.15) is 11.5 Å². The van der Waals surface area contributed by atoms with Crippen LogP contribution in [0.4, 0.5) is 5.69 Å². The highest BCUT2D eigenvalue weighted by atomic mass is 16.5. The lowest BCUT2D eigenvalue weighted by molar-refractivity contribution is 0.102.